The first-order chi connectivity index (χ1) is 27.5. The number of aliphatic hydroxyl groups excluding tert-OH is 1. The summed E-state index contributed by atoms with van der Waals surface area (Å²) in [4.78, 5) is 112. The van der Waals surface area contributed by atoms with E-state index in [0.717, 1.165) is 32.1 Å². The van der Waals surface area contributed by atoms with Crippen molar-refractivity contribution in [1.29, 1.82) is 0 Å². The van der Waals surface area contributed by atoms with Gasteiger partial charge in [-0.3, -0.25) is 48.3 Å². The van der Waals surface area contributed by atoms with Gasteiger partial charge in [0.25, 0.3) is 0 Å². The lowest BCUT2D eigenvalue weighted by atomic mass is 9.84. The molecule has 1 aliphatic rings. The van der Waals surface area contributed by atoms with Crippen LogP contribution in [-0.2, 0) is 38.4 Å². The summed E-state index contributed by atoms with van der Waals surface area (Å²) < 4.78 is 0. The molecule has 0 unspecified atom stereocenters. The van der Waals surface area contributed by atoms with E-state index in [9.17, 15) is 43.5 Å². The fourth-order valence-electron chi connectivity index (χ4n) is 6.40. The smallest absolute Gasteiger partial charge is 0.245 e. The number of rotatable bonds is 26. The minimum Gasteiger partial charge on any atom is -0.391 e. The van der Waals surface area contributed by atoms with Gasteiger partial charge in [0, 0.05) is 26.4 Å². The lowest BCUT2D eigenvalue weighted by Gasteiger charge is -2.30. The Balaban J connectivity index is 3.41. The summed E-state index contributed by atoms with van der Waals surface area (Å²) in [6.45, 7) is 5.29. The number of nitrogens with two attached hydrogens (primary N) is 6. The minimum atomic E-state index is -1.61. The van der Waals surface area contributed by atoms with Crippen LogP contribution in [0.15, 0.2) is 9.98 Å². The van der Waals surface area contributed by atoms with E-state index in [4.69, 9.17) is 34.4 Å². The molecule has 59 heavy (non-hydrogen) atoms. The maximum Gasteiger partial charge on any atom is 0.245 e. The van der Waals surface area contributed by atoms with Crippen molar-refractivity contribution < 1.29 is 43.5 Å². The van der Waals surface area contributed by atoms with Gasteiger partial charge in [-0.25, -0.2) is 0 Å². The Morgan fingerprint density at radius 2 is 1.10 bits per heavy atom. The molecule has 0 spiro atoms. The molecule has 0 radical (unpaired) electrons. The van der Waals surface area contributed by atoms with Gasteiger partial charge in [-0.2, -0.15) is 0 Å². The fraction of sp³-hybridized carbons (Fsp3) is 0.722. The van der Waals surface area contributed by atoms with Crippen molar-refractivity contribution in [2.75, 3.05) is 13.1 Å². The highest BCUT2D eigenvalue weighted by Crippen LogP contribution is 2.27. The third-order valence-corrected chi connectivity index (χ3v) is 9.53. The highest BCUT2D eigenvalue weighted by atomic mass is 16.3. The van der Waals surface area contributed by atoms with Gasteiger partial charge in [0.05, 0.1) is 6.10 Å². The van der Waals surface area contributed by atoms with Gasteiger partial charge in [-0.15, -0.1) is 0 Å². The first kappa shape index (κ1) is 51.3. The number of amides is 8. The van der Waals surface area contributed by atoms with Crippen LogP contribution in [0.5, 0.6) is 0 Å². The van der Waals surface area contributed by atoms with E-state index >= 15 is 0 Å². The fourth-order valence-corrected chi connectivity index (χ4v) is 6.40. The molecule has 0 heterocycles. The number of aliphatic hydroxyl groups is 1. The Bertz CT molecular complexity index is 1520. The van der Waals surface area contributed by atoms with Crippen LogP contribution in [0.25, 0.3) is 0 Å². The number of aliphatic imine (C=N–C) groups is 2. The van der Waals surface area contributed by atoms with Crippen LogP contribution in [0, 0.1) is 5.92 Å². The second-order valence-electron chi connectivity index (χ2n) is 15.3. The van der Waals surface area contributed by atoms with Crippen molar-refractivity contribution in [2.45, 2.75) is 147 Å². The Morgan fingerprint density at radius 3 is 1.51 bits per heavy atom. The second-order valence-corrected chi connectivity index (χ2v) is 15.3. The van der Waals surface area contributed by atoms with Crippen LogP contribution >= 0.6 is 0 Å². The Hall–Kier alpha value is -5.74. The predicted molar refractivity (Wildman–Crippen MR) is 218 cm³/mol. The van der Waals surface area contributed by atoms with Crippen LogP contribution in [0.3, 0.4) is 0 Å². The van der Waals surface area contributed by atoms with Gasteiger partial charge in [0.15, 0.2) is 11.9 Å². The third-order valence-electron chi connectivity index (χ3n) is 9.53. The van der Waals surface area contributed by atoms with Gasteiger partial charge in [-0.05, 0) is 65.2 Å². The van der Waals surface area contributed by atoms with E-state index in [1.807, 2.05) is 0 Å². The summed E-state index contributed by atoms with van der Waals surface area (Å²) in [7, 11) is 0. The summed E-state index contributed by atoms with van der Waals surface area (Å²) >= 11 is 0. The van der Waals surface area contributed by atoms with Gasteiger partial charge in [0.1, 0.15) is 35.7 Å². The van der Waals surface area contributed by atoms with E-state index < -0.39 is 89.1 Å². The van der Waals surface area contributed by atoms with E-state index in [-0.39, 0.29) is 69.5 Å². The number of nitrogens with one attached hydrogen (secondary N) is 6. The molecular formula is C36H66N14O9. The summed E-state index contributed by atoms with van der Waals surface area (Å²) in [5, 5.41) is 25.5. The van der Waals surface area contributed by atoms with E-state index in [2.05, 4.69) is 41.9 Å². The molecule has 19 N–H and O–H groups in total. The number of guanidine groups is 2. The van der Waals surface area contributed by atoms with E-state index in [0.29, 0.717) is 6.42 Å². The molecule has 0 aromatic carbocycles. The largest absolute Gasteiger partial charge is 0.391 e. The third kappa shape index (κ3) is 20.5. The van der Waals surface area contributed by atoms with Crippen molar-refractivity contribution in [3.8, 4) is 0 Å². The van der Waals surface area contributed by atoms with Crippen LogP contribution in [0.4, 0.5) is 0 Å². The van der Waals surface area contributed by atoms with Gasteiger partial charge < -0.3 is 71.4 Å². The highest BCUT2D eigenvalue weighted by molar-refractivity contribution is 5.98. The summed E-state index contributed by atoms with van der Waals surface area (Å²) in [5.41, 5.74) is 31.3. The molecule has 1 aliphatic carbocycles. The molecule has 0 aromatic heterocycles. The zero-order valence-corrected chi connectivity index (χ0v) is 34.5. The highest BCUT2D eigenvalue weighted by Gasteiger charge is 2.36. The van der Waals surface area contributed by atoms with Crippen molar-refractivity contribution in [1.82, 2.24) is 31.9 Å². The van der Waals surface area contributed by atoms with Crippen molar-refractivity contribution in [3.63, 3.8) is 0 Å². The lowest BCUT2D eigenvalue weighted by molar-refractivity contribution is -0.138. The average molecular weight is 839 g/mol. The number of carbonyl (C=O) groups is 8. The monoisotopic (exact) mass is 839 g/mol. The molecule has 1 fully saturated rings. The molecule has 23 nitrogen and oxygen atoms in total. The van der Waals surface area contributed by atoms with Crippen molar-refractivity contribution in [3.05, 3.63) is 0 Å². The van der Waals surface area contributed by atoms with Crippen LogP contribution in [0.2, 0.25) is 0 Å². The van der Waals surface area contributed by atoms with Crippen LogP contribution in [-0.4, -0.2) is 119 Å². The number of nitrogens with zero attached hydrogens (tertiary/aromatic N) is 2. The normalized spacial score (nSPS) is 15.9. The van der Waals surface area contributed by atoms with Gasteiger partial charge in [-0.1, -0.05) is 32.1 Å². The molecular weight excluding hydrogens is 772 g/mol. The van der Waals surface area contributed by atoms with Crippen molar-refractivity contribution >= 4 is 59.2 Å². The number of hydrogen-bond donors (Lipinski definition) is 13. The van der Waals surface area contributed by atoms with Crippen LogP contribution in [0.1, 0.15) is 105 Å². The second kappa shape index (κ2) is 25.6. The standard InChI is InChI=1S/C36H66N14O9/c1-19(51)27(49-33(59)36(3,4)50-20(2)52)32(58)47-23(13-9-17-44-35(41)42)29(55)46-24(14-15-26(37)53)31(57)45-22(12-8-16-43-34(39)40)30(56)48-25(28(38)54)18-21-10-6-5-7-11-21/h19,21-25,27,51H,5-18H2,1-4H3,(H2,37,53)(H2,38,54)(H,45,57)(H,46,55)(H,47,58)(H,48,56)(H,49,59)(H,50,52)(H4,39,40,43)(H4,41,42,44)/t19-,22+,23+,24+,25+,27+/m1/s1. The number of hydrogen-bond acceptors (Lipinski definition) is 11. The van der Waals surface area contributed by atoms with E-state index in [1.165, 1.54) is 27.7 Å². The maximum absolute atomic E-state index is 13.9. The molecule has 8 amide bonds. The molecule has 0 saturated heterocycles. The zero-order chi connectivity index (χ0) is 44.9. The SMILES string of the molecule is CC(=O)NC(C)(C)C(=O)N[C@H](C(=O)N[C@@H](CCCN=C(N)N)C(=O)N[C@@H](CCC(N)=O)C(=O)N[C@@H](CCCN=C(N)N)C(=O)N[C@@H](CC1CCCCC1)C(N)=O)[C@@H](C)O. The molecule has 0 bridgehead atoms. The first-order valence-electron chi connectivity index (χ1n) is 19.7. The van der Waals surface area contributed by atoms with E-state index in [1.54, 1.807) is 0 Å². The molecule has 1 rings (SSSR count). The molecule has 1 saturated carbocycles. The first-order valence-corrected chi connectivity index (χ1v) is 19.7. The van der Waals surface area contributed by atoms with Crippen LogP contribution < -0.4 is 66.3 Å². The Labute approximate surface area is 344 Å². The summed E-state index contributed by atoms with van der Waals surface area (Å²) in [6.07, 6.45) is 3.09. The molecule has 0 aromatic rings. The quantitative estimate of drug-likeness (QED) is 0.0222. The molecule has 334 valence electrons. The zero-order valence-electron chi connectivity index (χ0n) is 34.5. The summed E-state index contributed by atoms with van der Waals surface area (Å²) in [6, 6.07) is -6.86. The molecule has 6 atom stereocenters. The average Bonchev–Trinajstić information content (AvgIpc) is 3.13. The lowest BCUT2D eigenvalue weighted by Crippen LogP contribution is -2.63. The maximum atomic E-state index is 13.9. The topological polar surface area (TPSA) is 410 Å². The minimum absolute atomic E-state index is 0.0194. The van der Waals surface area contributed by atoms with Crippen molar-refractivity contribution in [2.24, 2.45) is 50.3 Å². The van der Waals surface area contributed by atoms with Gasteiger partial charge in [0.2, 0.25) is 47.3 Å². The molecule has 0 aliphatic heterocycles. The number of carbonyl (C=O) groups excluding carboxylic acids is 8. The Morgan fingerprint density at radius 1 is 0.661 bits per heavy atom. The summed E-state index contributed by atoms with van der Waals surface area (Å²) in [5.74, 6) is -6.74. The Kier molecular flexibility index (Phi) is 22.2. The van der Waals surface area contributed by atoms with Gasteiger partial charge >= 0.3 is 0 Å². The number of primary amides is 2. The predicted octanol–water partition coefficient (Wildman–Crippen LogP) is -4.47. The molecule has 23 heteroatoms.